The Labute approximate surface area is 139 Å². The Bertz CT molecular complexity index is 608. The number of rotatable bonds is 5. The van der Waals surface area contributed by atoms with Crippen LogP contribution in [0, 0.1) is 5.92 Å². The number of imidazole rings is 1. The first kappa shape index (κ1) is 16.2. The molecule has 0 spiro atoms. The molecular weight excluding hydrogens is 286 g/mol. The molecule has 1 aliphatic rings. The summed E-state index contributed by atoms with van der Waals surface area (Å²) in [4.78, 5) is 7.01. The highest BCUT2D eigenvalue weighted by molar-refractivity contribution is 5.18. The van der Waals surface area contributed by atoms with Gasteiger partial charge in [0.2, 0.25) is 0 Å². The van der Waals surface area contributed by atoms with Crippen LogP contribution in [0.15, 0.2) is 42.9 Å². The van der Waals surface area contributed by atoms with Crippen molar-refractivity contribution in [1.82, 2.24) is 14.5 Å². The van der Waals surface area contributed by atoms with Crippen molar-refractivity contribution < 1.29 is 4.74 Å². The smallest absolute Gasteiger partial charge is 0.0956 e. The van der Waals surface area contributed by atoms with Crippen molar-refractivity contribution in [3.8, 4) is 0 Å². The zero-order valence-corrected chi connectivity index (χ0v) is 14.4. The molecule has 0 unspecified atom stereocenters. The van der Waals surface area contributed by atoms with Gasteiger partial charge in [0, 0.05) is 32.4 Å². The van der Waals surface area contributed by atoms with E-state index in [-0.39, 0.29) is 12.2 Å². The molecular formula is C19H27N3O. The minimum absolute atomic E-state index is 0.144. The zero-order valence-electron chi connectivity index (χ0n) is 14.4. The quantitative estimate of drug-likeness (QED) is 0.846. The Balaban J connectivity index is 1.73. The predicted molar refractivity (Wildman–Crippen MR) is 92.1 cm³/mol. The van der Waals surface area contributed by atoms with Gasteiger partial charge in [-0.1, -0.05) is 44.2 Å². The standard InChI is InChI=1S/C19H27N3O/c1-4-21-10-17(20-14-21)11-22-12-18(15(2)3)23-19(13-22)16-8-6-5-7-9-16/h5-10,14-15,18-19H,4,11-13H2,1-3H3/t18-,19+/m1/s1. The highest BCUT2D eigenvalue weighted by Gasteiger charge is 2.30. The number of ether oxygens (including phenoxy) is 1. The minimum Gasteiger partial charge on any atom is -0.367 e. The molecule has 1 aliphatic heterocycles. The average Bonchev–Trinajstić information content (AvgIpc) is 3.03. The second-order valence-electron chi connectivity index (χ2n) is 6.71. The molecule has 2 atom stereocenters. The first-order valence-corrected chi connectivity index (χ1v) is 8.59. The number of hydrogen-bond donors (Lipinski definition) is 0. The number of nitrogens with zero attached hydrogens (tertiary/aromatic N) is 3. The van der Waals surface area contributed by atoms with E-state index >= 15 is 0 Å². The topological polar surface area (TPSA) is 30.3 Å². The van der Waals surface area contributed by atoms with Crippen LogP contribution in [0.1, 0.15) is 38.1 Å². The summed E-state index contributed by atoms with van der Waals surface area (Å²) in [5.74, 6) is 0.511. The van der Waals surface area contributed by atoms with E-state index in [1.54, 1.807) is 0 Å². The Hall–Kier alpha value is -1.65. The maximum absolute atomic E-state index is 6.36. The Morgan fingerprint density at radius 1 is 1.22 bits per heavy atom. The van der Waals surface area contributed by atoms with Crippen molar-refractivity contribution in [2.45, 2.75) is 46.1 Å². The Morgan fingerprint density at radius 3 is 2.65 bits per heavy atom. The summed E-state index contributed by atoms with van der Waals surface area (Å²) in [6.07, 6.45) is 4.48. The van der Waals surface area contributed by atoms with Crippen LogP contribution in [-0.2, 0) is 17.8 Å². The van der Waals surface area contributed by atoms with Crippen LogP contribution < -0.4 is 0 Å². The maximum atomic E-state index is 6.36. The summed E-state index contributed by atoms with van der Waals surface area (Å²) < 4.78 is 8.49. The molecule has 23 heavy (non-hydrogen) atoms. The van der Waals surface area contributed by atoms with Crippen molar-refractivity contribution >= 4 is 0 Å². The lowest BCUT2D eigenvalue weighted by Crippen LogP contribution is -2.45. The largest absolute Gasteiger partial charge is 0.367 e. The van der Waals surface area contributed by atoms with Crippen LogP contribution in [-0.4, -0.2) is 33.6 Å². The molecule has 0 bridgehead atoms. The second-order valence-corrected chi connectivity index (χ2v) is 6.71. The molecule has 3 rings (SSSR count). The van der Waals surface area contributed by atoms with E-state index in [0.717, 1.165) is 31.9 Å². The van der Waals surface area contributed by atoms with Gasteiger partial charge in [-0.2, -0.15) is 0 Å². The van der Waals surface area contributed by atoms with Gasteiger partial charge in [0.05, 0.1) is 24.2 Å². The first-order valence-electron chi connectivity index (χ1n) is 8.59. The fourth-order valence-electron chi connectivity index (χ4n) is 3.10. The molecule has 0 saturated carbocycles. The summed E-state index contributed by atoms with van der Waals surface area (Å²) in [5, 5.41) is 0. The van der Waals surface area contributed by atoms with Gasteiger partial charge in [0.15, 0.2) is 0 Å². The monoisotopic (exact) mass is 313 g/mol. The van der Waals surface area contributed by atoms with E-state index in [1.165, 1.54) is 5.56 Å². The minimum atomic E-state index is 0.144. The van der Waals surface area contributed by atoms with E-state index in [1.807, 2.05) is 6.33 Å². The van der Waals surface area contributed by atoms with E-state index in [9.17, 15) is 0 Å². The average molecular weight is 313 g/mol. The van der Waals surface area contributed by atoms with Crippen LogP contribution in [0.25, 0.3) is 0 Å². The van der Waals surface area contributed by atoms with E-state index in [2.05, 4.69) is 71.8 Å². The van der Waals surface area contributed by atoms with Crippen LogP contribution in [0.2, 0.25) is 0 Å². The first-order chi connectivity index (χ1) is 11.2. The molecule has 124 valence electrons. The van der Waals surface area contributed by atoms with E-state index in [0.29, 0.717) is 5.92 Å². The lowest BCUT2D eigenvalue weighted by atomic mass is 10.0. The summed E-state index contributed by atoms with van der Waals surface area (Å²) in [6, 6.07) is 10.6. The SMILES string of the molecule is CCn1cnc(CN2C[C@@H](c3ccccc3)O[C@@H](C(C)C)C2)c1. The Kier molecular flexibility index (Phi) is 5.13. The second kappa shape index (κ2) is 7.28. The molecule has 4 heteroatoms. The molecule has 1 saturated heterocycles. The Morgan fingerprint density at radius 2 is 2.00 bits per heavy atom. The third-order valence-corrected chi connectivity index (χ3v) is 4.55. The van der Waals surface area contributed by atoms with Crippen LogP contribution >= 0.6 is 0 Å². The van der Waals surface area contributed by atoms with Gasteiger partial charge in [0.25, 0.3) is 0 Å². The fraction of sp³-hybridized carbons (Fsp3) is 0.526. The van der Waals surface area contributed by atoms with Gasteiger partial charge in [-0.25, -0.2) is 4.98 Å². The lowest BCUT2D eigenvalue weighted by Gasteiger charge is -2.39. The van der Waals surface area contributed by atoms with E-state index < -0.39 is 0 Å². The van der Waals surface area contributed by atoms with Crippen molar-refractivity contribution in [3.05, 3.63) is 54.1 Å². The molecule has 0 N–H and O–H groups in total. The molecule has 1 fully saturated rings. The van der Waals surface area contributed by atoms with Crippen molar-refractivity contribution in [2.24, 2.45) is 5.92 Å². The van der Waals surface area contributed by atoms with Gasteiger partial charge < -0.3 is 9.30 Å². The van der Waals surface area contributed by atoms with Crippen LogP contribution in [0.4, 0.5) is 0 Å². The zero-order chi connectivity index (χ0) is 16.2. The van der Waals surface area contributed by atoms with Crippen LogP contribution in [0.3, 0.4) is 0 Å². The summed E-state index contributed by atoms with van der Waals surface area (Å²) in [5.41, 5.74) is 2.41. The van der Waals surface area contributed by atoms with Gasteiger partial charge in [-0.15, -0.1) is 0 Å². The predicted octanol–water partition coefficient (Wildman–Crippen LogP) is 3.50. The molecule has 4 nitrogen and oxygen atoms in total. The third kappa shape index (κ3) is 4.01. The van der Waals surface area contributed by atoms with Gasteiger partial charge >= 0.3 is 0 Å². The number of hydrogen-bond acceptors (Lipinski definition) is 3. The normalized spacial score (nSPS) is 22.6. The van der Waals surface area contributed by atoms with Gasteiger partial charge in [-0.3, -0.25) is 4.90 Å². The fourth-order valence-corrected chi connectivity index (χ4v) is 3.10. The highest BCUT2D eigenvalue weighted by atomic mass is 16.5. The third-order valence-electron chi connectivity index (χ3n) is 4.55. The molecule has 0 amide bonds. The van der Waals surface area contributed by atoms with Crippen molar-refractivity contribution in [3.63, 3.8) is 0 Å². The molecule has 0 aliphatic carbocycles. The van der Waals surface area contributed by atoms with Crippen molar-refractivity contribution in [2.75, 3.05) is 13.1 Å². The molecule has 1 aromatic heterocycles. The van der Waals surface area contributed by atoms with Crippen LogP contribution in [0.5, 0.6) is 0 Å². The summed E-state index contributed by atoms with van der Waals surface area (Å²) >= 11 is 0. The number of aryl methyl sites for hydroxylation is 1. The molecule has 1 aromatic carbocycles. The van der Waals surface area contributed by atoms with Crippen molar-refractivity contribution in [1.29, 1.82) is 0 Å². The molecule has 2 aromatic rings. The molecule has 2 heterocycles. The number of benzene rings is 1. The maximum Gasteiger partial charge on any atom is 0.0956 e. The number of aromatic nitrogens is 2. The number of morpholine rings is 1. The molecule has 0 radical (unpaired) electrons. The van der Waals surface area contributed by atoms with E-state index in [4.69, 9.17) is 4.74 Å². The summed E-state index contributed by atoms with van der Waals surface area (Å²) in [7, 11) is 0. The highest BCUT2D eigenvalue weighted by Crippen LogP contribution is 2.28. The summed E-state index contributed by atoms with van der Waals surface area (Å²) in [6.45, 7) is 10.4. The lowest BCUT2D eigenvalue weighted by molar-refractivity contribution is -0.108. The van der Waals surface area contributed by atoms with Gasteiger partial charge in [-0.05, 0) is 18.4 Å². The van der Waals surface area contributed by atoms with Gasteiger partial charge in [0.1, 0.15) is 0 Å².